The van der Waals surface area contributed by atoms with Crippen LogP contribution >= 0.6 is 34.2 Å². The zero-order valence-electron chi connectivity index (χ0n) is 16.8. The average molecular weight is 529 g/mol. The van der Waals surface area contributed by atoms with Crippen LogP contribution in [0.4, 0.5) is 0 Å². The monoisotopic (exact) mass is 528 g/mol. The van der Waals surface area contributed by atoms with E-state index in [1.807, 2.05) is 50.2 Å². The van der Waals surface area contributed by atoms with E-state index >= 15 is 0 Å². The number of nitrogens with one attached hydrogen (secondary N) is 1. The number of halogens is 2. The number of carbonyl (C=O) groups is 2. The van der Waals surface area contributed by atoms with E-state index in [-0.39, 0.29) is 31.0 Å². The SMILES string of the molecule is CC[C@H](C)NC(=O)[C@@H](C)N(Cc1cccc(Cl)c1)C(=O)COc1ccc(I)cc1. The van der Waals surface area contributed by atoms with Crippen LogP contribution in [0.2, 0.25) is 5.02 Å². The van der Waals surface area contributed by atoms with Gasteiger partial charge in [-0.25, -0.2) is 0 Å². The minimum Gasteiger partial charge on any atom is -0.484 e. The molecule has 0 fully saturated rings. The Morgan fingerprint density at radius 2 is 1.86 bits per heavy atom. The molecule has 0 unspecified atom stereocenters. The first-order valence-electron chi connectivity index (χ1n) is 9.52. The molecule has 2 amide bonds. The second-order valence-corrected chi connectivity index (χ2v) is 8.57. The molecule has 0 aliphatic carbocycles. The number of hydrogen-bond acceptors (Lipinski definition) is 3. The number of hydrogen-bond donors (Lipinski definition) is 1. The van der Waals surface area contributed by atoms with E-state index in [1.54, 1.807) is 19.1 Å². The standard InChI is InChI=1S/C22H26ClIN2O3/c1-4-15(2)25-22(28)16(3)26(13-17-6-5-7-18(23)12-17)21(27)14-29-20-10-8-19(24)9-11-20/h5-12,15-16H,4,13-14H2,1-3H3,(H,25,28)/t15-,16+/m0/s1. The normalized spacial score (nSPS) is 12.7. The quantitative estimate of drug-likeness (QED) is 0.482. The Balaban J connectivity index is 2.14. The molecule has 0 saturated heterocycles. The third-order valence-corrected chi connectivity index (χ3v) is 5.54. The molecule has 5 nitrogen and oxygen atoms in total. The van der Waals surface area contributed by atoms with Crippen LogP contribution in [0.5, 0.6) is 5.75 Å². The third-order valence-electron chi connectivity index (χ3n) is 4.59. The van der Waals surface area contributed by atoms with Crippen molar-refractivity contribution in [3.05, 3.63) is 62.7 Å². The van der Waals surface area contributed by atoms with Gasteiger partial charge >= 0.3 is 0 Å². The minimum atomic E-state index is -0.643. The van der Waals surface area contributed by atoms with Crippen molar-refractivity contribution < 1.29 is 14.3 Å². The van der Waals surface area contributed by atoms with Gasteiger partial charge in [-0.3, -0.25) is 9.59 Å². The lowest BCUT2D eigenvalue weighted by Crippen LogP contribution is -2.50. The molecular formula is C22H26ClIN2O3. The first-order chi connectivity index (χ1) is 13.8. The lowest BCUT2D eigenvalue weighted by atomic mass is 10.1. The highest BCUT2D eigenvalue weighted by molar-refractivity contribution is 14.1. The molecule has 0 heterocycles. The van der Waals surface area contributed by atoms with Crippen molar-refractivity contribution in [2.45, 2.75) is 45.8 Å². The average Bonchev–Trinajstić information content (AvgIpc) is 2.70. The molecule has 0 bridgehead atoms. The number of amides is 2. The maximum Gasteiger partial charge on any atom is 0.261 e. The number of benzene rings is 2. The minimum absolute atomic E-state index is 0.0381. The summed E-state index contributed by atoms with van der Waals surface area (Å²) in [6.45, 7) is 5.78. The highest BCUT2D eigenvalue weighted by Crippen LogP contribution is 2.17. The fourth-order valence-corrected chi connectivity index (χ4v) is 3.21. The van der Waals surface area contributed by atoms with E-state index in [0.29, 0.717) is 10.8 Å². The molecule has 1 N–H and O–H groups in total. The summed E-state index contributed by atoms with van der Waals surface area (Å²) in [4.78, 5) is 27.1. The van der Waals surface area contributed by atoms with E-state index in [0.717, 1.165) is 15.6 Å². The second-order valence-electron chi connectivity index (χ2n) is 6.89. The first kappa shape index (κ1) is 23.5. The van der Waals surface area contributed by atoms with E-state index in [2.05, 4.69) is 27.9 Å². The van der Waals surface area contributed by atoms with E-state index in [9.17, 15) is 9.59 Å². The maximum atomic E-state index is 13.0. The summed E-state index contributed by atoms with van der Waals surface area (Å²) in [5.74, 6) is 0.150. The first-order valence-corrected chi connectivity index (χ1v) is 11.0. The number of rotatable bonds is 9. The summed E-state index contributed by atoms with van der Waals surface area (Å²) in [6.07, 6.45) is 0.816. The Hall–Kier alpha value is -1.80. The van der Waals surface area contributed by atoms with Crippen molar-refractivity contribution in [2.24, 2.45) is 0 Å². The Morgan fingerprint density at radius 3 is 2.48 bits per heavy atom. The van der Waals surface area contributed by atoms with Crippen molar-refractivity contribution in [1.82, 2.24) is 10.2 Å². The van der Waals surface area contributed by atoms with Crippen molar-refractivity contribution in [3.63, 3.8) is 0 Å². The Labute approximate surface area is 190 Å². The largest absolute Gasteiger partial charge is 0.484 e. The van der Waals surface area contributed by atoms with Crippen LogP contribution in [0.3, 0.4) is 0 Å². The van der Waals surface area contributed by atoms with E-state index in [4.69, 9.17) is 16.3 Å². The van der Waals surface area contributed by atoms with Crippen LogP contribution in [-0.4, -0.2) is 35.4 Å². The molecule has 2 rings (SSSR count). The van der Waals surface area contributed by atoms with Gasteiger partial charge in [0, 0.05) is 21.2 Å². The van der Waals surface area contributed by atoms with Crippen LogP contribution in [-0.2, 0) is 16.1 Å². The van der Waals surface area contributed by atoms with Crippen LogP contribution in [0.15, 0.2) is 48.5 Å². The van der Waals surface area contributed by atoms with Gasteiger partial charge in [-0.2, -0.15) is 0 Å². The van der Waals surface area contributed by atoms with Crippen molar-refractivity contribution in [3.8, 4) is 5.75 Å². The maximum absolute atomic E-state index is 13.0. The van der Waals surface area contributed by atoms with Gasteiger partial charge in [0.1, 0.15) is 11.8 Å². The molecule has 0 spiro atoms. The van der Waals surface area contributed by atoms with Crippen LogP contribution in [0, 0.1) is 3.57 Å². The van der Waals surface area contributed by atoms with Gasteiger partial charge in [-0.1, -0.05) is 30.7 Å². The number of nitrogens with zero attached hydrogens (tertiary/aromatic N) is 1. The Morgan fingerprint density at radius 1 is 1.17 bits per heavy atom. The molecule has 2 aromatic carbocycles. The molecule has 0 aromatic heterocycles. The van der Waals surface area contributed by atoms with E-state index in [1.165, 1.54) is 4.90 Å². The fraction of sp³-hybridized carbons (Fsp3) is 0.364. The summed E-state index contributed by atoms with van der Waals surface area (Å²) in [5.41, 5.74) is 0.850. The van der Waals surface area contributed by atoms with E-state index < -0.39 is 6.04 Å². The van der Waals surface area contributed by atoms with Gasteiger partial charge in [0.25, 0.3) is 5.91 Å². The summed E-state index contributed by atoms with van der Waals surface area (Å²) in [6, 6.07) is 14.1. The Kier molecular flexibility index (Phi) is 9.23. The zero-order valence-corrected chi connectivity index (χ0v) is 19.7. The predicted molar refractivity (Wildman–Crippen MR) is 124 cm³/mol. The molecule has 0 radical (unpaired) electrons. The van der Waals surface area contributed by atoms with Gasteiger partial charge in [0.2, 0.25) is 5.91 Å². The van der Waals surface area contributed by atoms with Gasteiger partial charge < -0.3 is 15.0 Å². The van der Waals surface area contributed by atoms with Gasteiger partial charge in [0.15, 0.2) is 6.61 Å². The van der Waals surface area contributed by atoms with Gasteiger partial charge in [-0.15, -0.1) is 0 Å². The highest BCUT2D eigenvalue weighted by Gasteiger charge is 2.27. The van der Waals surface area contributed by atoms with Gasteiger partial charge in [-0.05, 0) is 84.8 Å². The van der Waals surface area contributed by atoms with Crippen molar-refractivity contribution in [2.75, 3.05) is 6.61 Å². The van der Waals surface area contributed by atoms with Crippen LogP contribution < -0.4 is 10.1 Å². The highest BCUT2D eigenvalue weighted by atomic mass is 127. The molecule has 7 heteroatoms. The topological polar surface area (TPSA) is 58.6 Å². The van der Waals surface area contributed by atoms with Crippen molar-refractivity contribution in [1.29, 1.82) is 0 Å². The summed E-state index contributed by atoms with van der Waals surface area (Å²) < 4.78 is 6.73. The summed E-state index contributed by atoms with van der Waals surface area (Å²) >= 11 is 8.29. The zero-order chi connectivity index (χ0) is 21.4. The molecule has 0 aliphatic heterocycles. The number of carbonyl (C=O) groups excluding carboxylic acids is 2. The molecule has 156 valence electrons. The molecule has 29 heavy (non-hydrogen) atoms. The predicted octanol–water partition coefficient (Wildman–Crippen LogP) is 4.66. The fourth-order valence-electron chi connectivity index (χ4n) is 2.64. The molecule has 0 aliphatic rings. The molecule has 0 saturated carbocycles. The van der Waals surface area contributed by atoms with Crippen molar-refractivity contribution >= 4 is 46.0 Å². The lowest BCUT2D eigenvalue weighted by Gasteiger charge is -2.29. The smallest absolute Gasteiger partial charge is 0.261 e. The molecular weight excluding hydrogens is 503 g/mol. The third kappa shape index (κ3) is 7.51. The summed E-state index contributed by atoms with van der Waals surface area (Å²) in [7, 11) is 0. The molecule has 2 aromatic rings. The number of ether oxygens (including phenoxy) is 1. The molecule has 2 atom stereocenters. The second kappa shape index (κ2) is 11.4. The lowest BCUT2D eigenvalue weighted by molar-refractivity contribution is -0.142. The Bertz CT molecular complexity index is 829. The van der Waals surface area contributed by atoms with Gasteiger partial charge in [0.05, 0.1) is 0 Å². The summed E-state index contributed by atoms with van der Waals surface area (Å²) in [5, 5.41) is 3.53. The van der Waals surface area contributed by atoms with Crippen LogP contribution in [0.25, 0.3) is 0 Å². The van der Waals surface area contributed by atoms with Crippen LogP contribution in [0.1, 0.15) is 32.8 Å².